The second kappa shape index (κ2) is 8.75. The van der Waals surface area contributed by atoms with Crippen LogP contribution in [0.2, 0.25) is 0 Å². The molecule has 31 heavy (non-hydrogen) atoms. The highest BCUT2D eigenvalue weighted by atomic mass is 19.1. The van der Waals surface area contributed by atoms with Crippen molar-refractivity contribution >= 4 is 11.8 Å². The Morgan fingerprint density at radius 2 is 1.52 bits per heavy atom. The highest BCUT2D eigenvalue weighted by Crippen LogP contribution is 2.22. The number of aryl methyl sites for hydroxylation is 1. The number of carbonyl (C=O) groups excluding carboxylic acids is 2. The molecule has 0 radical (unpaired) electrons. The fourth-order valence-corrected chi connectivity index (χ4v) is 3.04. The maximum absolute atomic E-state index is 13.0. The molecule has 0 fully saturated rings. The fourth-order valence-electron chi connectivity index (χ4n) is 3.04. The molecule has 6 heteroatoms. The number of benzene rings is 3. The molecule has 4 rings (SSSR count). The summed E-state index contributed by atoms with van der Waals surface area (Å²) in [5.74, 6) is 0.168. The number of halogens is 1. The van der Waals surface area contributed by atoms with E-state index in [9.17, 15) is 14.0 Å². The summed E-state index contributed by atoms with van der Waals surface area (Å²) in [6.45, 7) is 1.75. The van der Waals surface area contributed by atoms with Gasteiger partial charge in [0.1, 0.15) is 17.3 Å². The number of ether oxygens (including phenoxy) is 1. The molecule has 0 aliphatic rings. The third-order valence-electron chi connectivity index (χ3n) is 4.68. The maximum atomic E-state index is 13.0. The first-order valence-corrected chi connectivity index (χ1v) is 9.62. The predicted octanol–water partition coefficient (Wildman–Crippen LogP) is 5.17. The third kappa shape index (κ3) is 4.75. The van der Waals surface area contributed by atoms with Crippen molar-refractivity contribution in [2.45, 2.75) is 13.3 Å². The van der Waals surface area contributed by atoms with Crippen molar-refractivity contribution in [1.29, 1.82) is 0 Å². The van der Waals surface area contributed by atoms with E-state index in [1.165, 1.54) is 24.3 Å². The molecule has 0 amide bonds. The summed E-state index contributed by atoms with van der Waals surface area (Å²) in [4.78, 5) is 29.2. The van der Waals surface area contributed by atoms with Gasteiger partial charge in [-0.05, 0) is 67.6 Å². The lowest BCUT2D eigenvalue weighted by Gasteiger charge is -2.05. The smallest absolute Gasteiger partial charge is 0.317 e. The van der Waals surface area contributed by atoms with Crippen LogP contribution >= 0.6 is 0 Å². The van der Waals surface area contributed by atoms with Crippen LogP contribution in [0.5, 0.6) is 5.75 Å². The van der Waals surface area contributed by atoms with E-state index in [-0.39, 0.29) is 12.2 Å². The van der Waals surface area contributed by atoms with Crippen molar-refractivity contribution in [3.8, 4) is 17.2 Å². The van der Waals surface area contributed by atoms with Crippen LogP contribution in [-0.2, 0) is 11.2 Å². The van der Waals surface area contributed by atoms with Crippen molar-refractivity contribution in [3.63, 3.8) is 0 Å². The summed E-state index contributed by atoms with van der Waals surface area (Å²) in [6, 6.07) is 20.9. The van der Waals surface area contributed by atoms with Gasteiger partial charge >= 0.3 is 5.97 Å². The Morgan fingerprint density at radius 3 is 2.16 bits per heavy atom. The molecule has 3 aromatic carbocycles. The van der Waals surface area contributed by atoms with E-state index in [2.05, 4.69) is 4.98 Å². The lowest BCUT2D eigenvalue weighted by atomic mass is 10.0. The summed E-state index contributed by atoms with van der Waals surface area (Å²) in [6.07, 6.45) is -0.0432. The Labute approximate surface area is 178 Å². The monoisotopic (exact) mass is 415 g/mol. The van der Waals surface area contributed by atoms with E-state index in [0.29, 0.717) is 34.2 Å². The quantitative estimate of drug-likeness (QED) is 0.247. The Morgan fingerprint density at radius 1 is 0.903 bits per heavy atom. The number of carbonyl (C=O) groups is 2. The number of oxazole rings is 1. The number of aromatic nitrogens is 1. The molecule has 0 unspecified atom stereocenters. The molecule has 1 heterocycles. The van der Waals surface area contributed by atoms with Crippen LogP contribution in [0.25, 0.3) is 11.5 Å². The van der Waals surface area contributed by atoms with Crippen molar-refractivity contribution in [1.82, 2.24) is 4.98 Å². The van der Waals surface area contributed by atoms with Crippen LogP contribution in [0.1, 0.15) is 27.4 Å². The number of rotatable bonds is 6. The number of esters is 1. The largest absolute Gasteiger partial charge is 0.441 e. The summed E-state index contributed by atoms with van der Waals surface area (Å²) in [7, 11) is 0. The average Bonchev–Trinajstić information content (AvgIpc) is 3.15. The van der Waals surface area contributed by atoms with Gasteiger partial charge in [-0.25, -0.2) is 9.37 Å². The van der Waals surface area contributed by atoms with Crippen molar-refractivity contribution < 1.29 is 23.1 Å². The molecule has 0 spiro atoms. The topological polar surface area (TPSA) is 69.4 Å². The molecule has 154 valence electrons. The Bertz CT molecular complexity index is 1210. The van der Waals surface area contributed by atoms with Crippen molar-refractivity contribution in [2.24, 2.45) is 0 Å². The Balaban J connectivity index is 1.41. The van der Waals surface area contributed by atoms with Crippen LogP contribution in [0.4, 0.5) is 4.39 Å². The van der Waals surface area contributed by atoms with Crippen LogP contribution in [0.15, 0.2) is 83.3 Å². The standard InChI is InChI=1S/C25H18FNO4/c1-16-22(27-25(30-16)19-5-3-2-4-6-19)15-23(28)31-21-13-9-18(10-14-21)24(29)17-7-11-20(26)12-8-17/h2-14H,15H2,1H3. The van der Waals surface area contributed by atoms with Gasteiger partial charge in [-0.3, -0.25) is 9.59 Å². The van der Waals surface area contributed by atoms with E-state index in [4.69, 9.17) is 9.15 Å². The van der Waals surface area contributed by atoms with E-state index in [1.807, 2.05) is 30.3 Å². The van der Waals surface area contributed by atoms with Crippen LogP contribution in [-0.4, -0.2) is 16.7 Å². The third-order valence-corrected chi connectivity index (χ3v) is 4.68. The van der Waals surface area contributed by atoms with Gasteiger partial charge < -0.3 is 9.15 Å². The SMILES string of the molecule is Cc1oc(-c2ccccc2)nc1CC(=O)Oc1ccc(C(=O)c2ccc(F)cc2)cc1. The lowest BCUT2D eigenvalue weighted by Crippen LogP contribution is -2.12. The first kappa shape index (κ1) is 20.2. The summed E-state index contributed by atoms with van der Waals surface area (Å²) in [5.41, 5.74) is 2.12. The highest BCUT2D eigenvalue weighted by Gasteiger charge is 2.16. The van der Waals surface area contributed by atoms with Gasteiger partial charge in [-0.2, -0.15) is 0 Å². The molecule has 0 aliphatic carbocycles. The fraction of sp³-hybridized carbons (Fsp3) is 0.0800. The molecule has 0 atom stereocenters. The second-order valence-corrected chi connectivity index (χ2v) is 6.90. The van der Waals surface area contributed by atoms with E-state index in [1.54, 1.807) is 31.2 Å². The minimum absolute atomic E-state index is 0.0432. The van der Waals surface area contributed by atoms with Gasteiger partial charge in [0.25, 0.3) is 0 Å². The average molecular weight is 415 g/mol. The Kier molecular flexibility index (Phi) is 5.71. The van der Waals surface area contributed by atoms with Gasteiger partial charge in [0.15, 0.2) is 5.78 Å². The van der Waals surface area contributed by atoms with Gasteiger partial charge in [-0.15, -0.1) is 0 Å². The maximum Gasteiger partial charge on any atom is 0.317 e. The van der Waals surface area contributed by atoms with Gasteiger partial charge in [-0.1, -0.05) is 18.2 Å². The van der Waals surface area contributed by atoms with Crippen LogP contribution < -0.4 is 4.74 Å². The molecule has 5 nitrogen and oxygen atoms in total. The van der Waals surface area contributed by atoms with E-state index >= 15 is 0 Å². The molecular formula is C25H18FNO4. The van der Waals surface area contributed by atoms with Crippen LogP contribution in [0, 0.1) is 12.7 Å². The number of nitrogens with zero attached hydrogens (tertiary/aromatic N) is 1. The summed E-state index contributed by atoms with van der Waals surface area (Å²) < 4.78 is 24.1. The molecule has 0 saturated heterocycles. The molecule has 4 aromatic rings. The zero-order valence-electron chi connectivity index (χ0n) is 16.7. The minimum atomic E-state index is -0.492. The van der Waals surface area contributed by atoms with E-state index < -0.39 is 11.8 Å². The van der Waals surface area contributed by atoms with Crippen molar-refractivity contribution in [2.75, 3.05) is 0 Å². The Hall–Kier alpha value is -4.06. The molecule has 0 N–H and O–H groups in total. The first-order chi connectivity index (χ1) is 15.0. The summed E-state index contributed by atoms with van der Waals surface area (Å²) >= 11 is 0. The molecule has 0 bridgehead atoms. The minimum Gasteiger partial charge on any atom is -0.441 e. The van der Waals surface area contributed by atoms with Gasteiger partial charge in [0.05, 0.1) is 12.1 Å². The van der Waals surface area contributed by atoms with Gasteiger partial charge in [0, 0.05) is 16.7 Å². The predicted molar refractivity (Wildman–Crippen MR) is 112 cm³/mol. The highest BCUT2D eigenvalue weighted by molar-refractivity contribution is 6.09. The molecule has 0 aliphatic heterocycles. The number of hydrogen-bond acceptors (Lipinski definition) is 5. The number of hydrogen-bond donors (Lipinski definition) is 0. The van der Waals surface area contributed by atoms with E-state index in [0.717, 1.165) is 5.56 Å². The normalized spacial score (nSPS) is 10.6. The van der Waals surface area contributed by atoms with Crippen molar-refractivity contribution in [3.05, 3.63) is 107 Å². The van der Waals surface area contributed by atoms with Crippen LogP contribution in [0.3, 0.4) is 0 Å². The molecule has 1 aromatic heterocycles. The zero-order valence-corrected chi connectivity index (χ0v) is 16.7. The molecular weight excluding hydrogens is 397 g/mol. The molecule has 0 saturated carbocycles. The number of ketones is 1. The first-order valence-electron chi connectivity index (χ1n) is 9.62. The zero-order chi connectivity index (χ0) is 21.8. The summed E-state index contributed by atoms with van der Waals surface area (Å²) in [5, 5.41) is 0. The lowest BCUT2D eigenvalue weighted by molar-refractivity contribution is -0.133. The second-order valence-electron chi connectivity index (χ2n) is 6.90. The van der Waals surface area contributed by atoms with Gasteiger partial charge in [0.2, 0.25) is 5.89 Å².